The predicted octanol–water partition coefficient (Wildman–Crippen LogP) is 5.12. The molecule has 0 aliphatic carbocycles. The van der Waals surface area contributed by atoms with Gasteiger partial charge in [0.25, 0.3) is 0 Å². The van der Waals surface area contributed by atoms with Crippen molar-refractivity contribution in [2.24, 2.45) is 4.99 Å². The Labute approximate surface area is 146 Å². The largest absolute Gasteiger partial charge is 0.294 e. The number of aryl methyl sites for hydroxylation is 1. The van der Waals surface area contributed by atoms with Gasteiger partial charge >= 0.3 is 0 Å². The third-order valence-electron chi connectivity index (χ3n) is 4.19. The minimum atomic E-state index is 0.690. The number of hydrogen-bond donors (Lipinski definition) is 0. The summed E-state index contributed by atoms with van der Waals surface area (Å²) >= 11 is 0. The Morgan fingerprint density at radius 1 is 0.960 bits per heavy atom. The van der Waals surface area contributed by atoms with Crippen LogP contribution in [0.4, 0.5) is 5.82 Å². The highest BCUT2D eigenvalue weighted by molar-refractivity contribution is 5.93. The quantitative estimate of drug-likeness (QED) is 0.490. The third kappa shape index (κ3) is 2.72. The topological polar surface area (TPSA) is 43.1 Å². The monoisotopic (exact) mass is 326 g/mol. The summed E-state index contributed by atoms with van der Waals surface area (Å²) < 4.78 is 2.16. The van der Waals surface area contributed by atoms with Gasteiger partial charge in [0, 0.05) is 11.9 Å². The minimum absolute atomic E-state index is 0.690. The van der Waals surface area contributed by atoms with E-state index in [9.17, 15) is 0 Å². The molecule has 2 aromatic carbocycles. The van der Waals surface area contributed by atoms with Gasteiger partial charge in [-0.1, -0.05) is 48.0 Å². The SMILES string of the molecule is C/C=N\c1ncnc2c1cc(-c1ccc(C)cc1)n2-c1ccccc1. The van der Waals surface area contributed by atoms with E-state index in [0.717, 1.165) is 28.0 Å². The van der Waals surface area contributed by atoms with E-state index in [0.29, 0.717) is 5.82 Å². The molecule has 0 unspecified atom stereocenters. The van der Waals surface area contributed by atoms with Gasteiger partial charge in [-0.25, -0.2) is 15.0 Å². The summed E-state index contributed by atoms with van der Waals surface area (Å²) in [5, 5.41) is 0.944. The number of nitrogens with zero attached hydrogens (tertiary/aromatic N) is 4. The molecule has 4 heteroatoms. The molecule has 122 valence electrons. The van der Waals surface area contributed by atoms with E-state index in [2.05, 4.69) is 68.9 Å². The van der Waals surface area contributed by atoms with Crippen molar-refractivity contribution in [2.75, 3.05) is 0 Å². The maximum absolute atomic E-state index is 4.54. The lowest BCUT2D eigenvalue weighted by Crippen LogP contribution is -1.98. The molecule has 0 bridgehead atoms. The van der Waals surface area contributed by atoms with Crippen LogP contribution in [0.25, 0.3) is 28.0 Å². The molecule has 4 nitrogen and oxygen atoms in total. The highest BCUT2D eigenvalue weighted by atomic mass is 15.1. The van der Waals surface area contributed by atoms with Crippen molar-refractivity contribution in [1.82, 2.24) is 14.5 Å². The first-order valence-corrected chi connectivity index (χ1v) is 8.25. The highest BCUT2D eigenvalue weighted by Gasteiger charge is 2.16. The summed E-state index contributed by atoms with van der Waals surface area (Å²) in [5.74, 6) is 0.690. The zero-order chi connectivity index (χ0) is 17.2. The molecule has 0 radical (unpaired) electrons. The number of benzene rings is 2. The summed E-state index contributed by atoms with van der Waals surface area (Å²) in [4.78, 5) is 13.3. The summed E-state index contributed by atoms with van der Waals surface area (Å²) in [6.45, 7) is 3.99. The standard InChI is InChI=1S/C21H18N4/c1-3-22-20-18-13-19(16-11-9-15(2)10-12-16)25(21(18)24-14-23-20)17-7-5-4-6-8-17/h3-14H,1-2H3/b22-3-. The lowest BCUT2D eigenvalue weighted by molar-refractivity contribution is 1.08. The molecule has 0 atom stereocenters. The second-order valence-corrected chi connectivity index (χ2v) is 5.89. The summed E-state index contributed by atoms with van der Waals surface area (Å²) in [5.41, 5.74) is 5.38. The molecule has 0 saturated heterocycles. The zero-order valence-corrected chi connectivity index (χ0v) is 14.2. The van der Waals surface area contributed by atoms with Crippen LogP contribution < -0.4 is 0 Å². The number of para-hydroxylation sites is 1. The Hall–Kier alpha value is -3.27. The molecule has 0 aliphatic heterocycles. The first-order valence-electron chi connectivity index (χ1n) is 8.25. The predicted molar refractivity (Wildman–Crippen MR) is 103 cm³/mol. The van der Waals surface area contributed by atoms with Crippen LogP contribution in [0.2, 0.25) is 0 Å². The Kier molecular flexibility index (Phi) is 3.86. The molecule has 0 fully saturated rings. The van der Waals surface area contributed by atoms with Crippen molar-refractivity contribution in [1.29, 1.82) is 0 Å². The molecule has 4 aromatic rings. The molecule has 0 amide bonds. The third-order valence-corrected chi connectivity index (χ3v) is 4.19. The van der Waals surface area contributed by atoms with Gasteiger partial charge < -0.3 is 0 Å². The lowest BCUT2D eigenvalue weighted by Gasteiger charge is -2.10. The van der Waals surface area contributed by atoms with Gasteiger partial charge in [-0.2, -0.15) is 0 Å². The molecule has 2 aromatic heterocycles. The summed E-state index contributed by atoms with van der Waals surface area (Å²) in [6.07, 6.45) is 3.33. The van der Waals surface area contributed by atoms with Crippen molar-refractivity contribution in [3.8, 4) is 16.9 Å². The maximum atomic E-state index is 4.54. The van der Waals surface area contributed by atoms with Crippen LogP contribution in [0.1, 0.15) is 12.5 Å². The van der Waals surface area contributed by atoms with E-state index in [1.807, 2.05) is 25.1 Å². The van der Waals surface area contributed by atoms with E-state index in [-0.39, 0.29) is 0 Å². The minimum Gasteiger partial charge on any atom is -0.294 e. The van der Waals surface area contributed by atoms with Crippen LogP contribution in [0.15, 0.2) is 72.0 Å². The number of hydrogen-bond acceptors (Lipinski definition) is 3. The van der Waals surface area contributed by atoms with Crippen LogP contribution in [0.3, 0.4) is 0 Å². The van der Waals surface area contributed by atoms with Crippen molar-refractivity contribution in [3.05, 3.63) is 72.6 Å². The van der Waals surface area contributed by atoms with Crippen LogP contribution in [0, 0.1) is 6.92 Å². The van der Waals surface area contributed by atoms with Gasteiger partial charge in [0.2, 0.25) is 0 Å². The number of aromatic nitrogens is 3. The Balaban J connectivity index is 2.07. The van der Waals surface area contributed by atoms with Gasteiger partial charge in [0.15, 0.2) is 11.5 Å². The van der Waals surface area contributed by atoms with Crippen molar-refractivity contribution < 1.29 is 0 Å². The van der Waals surface area contributed by atoms with Crippen LogP contribution in [-0.4, -0.2) is 20.7 Å². The average Bonchev–Trinajstić information content (AvgIpc) is 3.04. The highest BCUT2D eigenvalue weighted by Crippen LogP contribution is 2.34. The molecule has 0 spiro atoms. The Morgan fingerprint density at radius 2 is 1.72 bits per heavy atom. The molecule has 0 aliphatic rings. The molecule has 0 saturated carbocycles. The van der Waals surface area contributed by atoms with Crippen LogP contribution in [-0.2, 0) is 0 Å². The smallest absolute Gasteiger partial charge is 0.164 e. The van der Waals surface area contributed by atoms with E-state index in [1.54, 1.807) is 12.5 Å². The first kappa shape index (κ1) is 15.3. The van der Waals surface area contributed by atoms with E-state index in [1.165, 1.54) is 5.56 Å². The summed E-state index contributed by atoms with van der Waals surface area (Å²) in [7, 11) is 0. The number of aliphatic imine (C=N–C) groups is 1. The molecule has 2 heterocycles. The molecular formula is C21H18N4. The van der Waals surface area contributed by atoms with Crippen LogP contribution >= 0.6 is 0 Å². The Morgan fingerprint density at radius 3 is 2.44 bits per heavy atom. The second-order valence-electron chi connectivity index (χ2n) is 5.89. The normalized spacial score (nSPS) is 11.4. The average molecular weight is 326 g/mol. The first-order chi connectivity index (χ1) is 12.3. The fourth-order valence-corrected chi connectivity index (χ4v) is 3.00. The second kappa shape index (κ2) is 6.32. The summed E-state index contributed by atoms with van der Waals surface area (Å²) in [6, 6.07) is 20.9. The van der Waals surface area contributed by atoms with E-state index in [4.69, 9.17) is 0 Å². The molecular weight excluding hydrogens is 308 g/mol. The Bertz CT molecular complexity index is 1040. The van der Waals surface area contributed by atoms with Crippen LogP contribution in [0.5, 0.6) is 0 Å². The fourth-order valence-electron chi connectivity index (χ4n) is 3.00. The molecule has 25 heavy (non-hydrogen) atoms. The van der Waals surface area contributed by atoms with Gasteiger partial charge in [0.1, 0.15) is 6.33 Å². The van der Waals surface area contributed by atoms with Crippen molar-refractivity contribution in [2.45, 2.75) is 13.8 Å². The van der Waals surface area contributed by atoms with Gasteiger partial charge in [-0.3, -0.25) is 4.57 Å². The van der Waals surface area contributed by atoms with Crippen molar-refractivity contribution in [3.63, 3.8) is 0 Å². The fraction of sp³-hybridized carbons (Fsp3) is 0.0952. The van der Waals surface area contributed by atoms with E-state index >= 15 is 0 Å². The maximum Gasteiger partial charge on any atom is 0.164 e. The zero-order valence-electron chi connectivity index (χ0n) is 14.2. The molecule has 0 N–H and O–H groups in total. The van der Waals surface area contributed by atoms with Crippen molar-refractivity contribution >= 4 is 23.1 Å². The van der Waals surface area contributed by atoms with Gasteiger partial charge in [0.05, 0.1) is 11.1 Å². The number of fused-ring (bicyclic) bond motifs is 1. The molecule has 4 rings (SSSR count). The lowest BCUT2D eigenvalue weighted by atomic mass is 10.1. The van der Waals surface area contributed by atoms with E-state index < -0.39 is 0 Å². The number of rotatable bonds is 3. The van der Waals surface area contributed by atoms with Gasteiger partial charge in [-0.15, -0.1) is 0 Å². The van der Waals surface area contributed by atoms with Gasteiger partial charge in [-0.05, 0) is 37.6 Å².